The zero-order valence-corrected chi connectivity index (χ0v) is 2.94. The molecule has 0 rings (SSSR count). The van der Waals surface area contributed by atoms with E-state index < -0.39 is 0 Å². The summed E-state index contributed by atoms with van der Waals surface area (Å²) in [6, 6.07) is 0. The minimum atomic E-state index is 0.431. The van der Waals surface area contributed by atoms with Gasteiger partial charge in [-0.2, -0.15) is 0 Å². The Morgan fingerprint density at radius 1 is 2.00 bits per heavy atom. The van der Waals surface area contributed by atoms with Crippen molar-refractivity contribution in [2.45, 2.75) is 0 Å². The van der Waals surface area contributed by atoms with Crippen LogP contribution in [0.1, 0.15) is 0 Å². The van der Waals surface area contributed by atoms with Gasteiger partial charge >= 0.3 is 0 Å². The van der Waals surface area contributed by atoms with E-state index in [0.717, 1.165) is 0 Å². The van der Waals surface area contributed by atoms with Crippen molar-refractivity contribution in [2.75, 3.05) is 6.54 Å². The highest BCUT2D eigenvalue weighted by molar-refractivity contribution is 5.24. The molecule has 0 aromatic rings. The Hall–Kier alpha value is -0.770. The Bertz CT molecular complexity index is 58.5. The summed E-state index contributed by atoms with van der Waals surface area (Å²) in [4.78, 5) is 3.37. The van der Waals surface area contributed by atoms with Gasteiger partial charge in [0.1, 0.15) is 0 Å². The average molecular weight is 70.1 g/mol. The number of aliphatic imine (C=N–C) groups is 1. The van der Waals surface area contributed by atoms with Crippen molar-refractivity contribution in [3.05, 3.63) is 0 Å². The van der Waals surface area contributed by atoms with Crippen molar-refractivity contribution in [2.24, 2.45) is 4.99 Å². The highest BCUT2D eigenvalue weighted by Gasteiger charge is 1.51. The van der Waals surface area contributed by atoms with Crippen LogP contribution in [-0.2, 0) is 0 Å². The molecule has 0 aliphatic carbocycles. The molecule has 0 fully saturated rings. The van der Waals surface area contributed by atoms with Crippen LogP contribution in [0.5, 0.6) is 0 Å². The maximum absolute atomic E-state index is 4.76. The SMILES string of the molecule is C=N[13CH2][13C]#[13CH]. The first-order valence-corrected chi connectivity index (χ1v) is 1.27. The molecule has 0 saturated carbocycles. The summed E-state index contributed by atoms with van der Waals surface area (Å²) in [5, 5.41) is 0. The Morgan fingerprint density at radius 2 is 2.60 bits per heavy atom. The lowest BCUT2D eigenvalue weighted by molar-refractivity contribution is 1.32. The van der Waals surface area contributed by atoms with E-state index in [9.17, 15) is 0 Å². The van der Waals surface area contributed by atoms with Gasteiger partial charge in [0.15, 0.2) is 0 Å². The molecule has 0 spiro atoms. The number of hydrogen-bond donors (Lipinski definition) is 0. The van der Waals surface area contributed by atoms with Crippen molar-refractivity contribution in [3.8, 4) is 12.3 Å². The van der Waals surface area contributed by atoms with Crippen LogP contribution in [-0.4, -0.2) is 13.3 Å². The summed E-state index contributed by atoms with van der Waals surface area (Å²) < 4.78 is 0. The quantitative estimate of drug-likeness (QED) is 0.239. The lowest BCUT2D eigenvalue weighted by Crippen LogP contribution is -1.61. The summed E-state index contributed by atoms with van der Waals surface area (Å²) in [5.41, 5.74) is 0. The van der Waals surface area contributed by atoms with E-state index in [4.69, 9.17) is 6.42 Å². The lowest BCUT2D eigenvalue weighted by atomic mass is 11.5. The molecular formula is C4H5N. The summed E-state index contributed by atoms with van der Waals surface area (Å²) in [6.07, 6.45) is 4.76. The van der Waals surface area contributed by atoms with Gasteiger partial charge in [0.05, 0.1) is 6.54 Å². The molecule has 26 valence electrons. The van der Waals surface area contributed by atoms with Gasteiger partial charge in [-0.3, -0.25) is 4.99 Å². The second-order valence-electron chi connectivity index (χ2n) is 0.586. The van der Waals surface area contributed by atoms with Crippen molar-refractivity contribution >= 4 is 6.72 Å². The molecule has 0 radical (unpaired) electrons. The smallest absolute Gasteiger partial charge is 0.0987 e. The van der Waals surface area contributed by atoms with Crippen LogP contribution in [0.15, 0.2) is 4.99 Å². The first kappa shape index (κ1) is 4.23. The van der Waals surface area contributed by atoms with Gasteiger partial charge in [-0.15, -0.1) is 6.42 Å². The molecule has 0 aromatic carbocycles. The number of hydrogen-bond acceptors (Lipinski definition) is 1. The molecule has 0 N–H and O–H groups in total. The fourth-order valence-electron chi connectivity index (χ4n) is 0.0645. The third-order valence-electron chi connectivity index (χ3n) is 0.203. The molecule has 0 unspecified atom stereocenters. The Kier molecular flexibility index (Phi) is 2.73. The monoisotopic (exact) mass is 70.1 g/mol. The van der Waals surface area contributed by atoms with Crippen LogP contribution >= 0.6 is 0 Å². The average Bonchev–Trinajstić information content (AvgIpc) is 1.41. The van der Waals surface area contributed by atoms with Gasteiger partial charge in [0.2, 0.25) is 0 Å². The largest absolute Gasteiger partial charge is 0.288 e. The number of terminal acetylenes is 1. The van der Waals surface area contributed by atoms with Gasteiger partial charge in [-0.25, -0.2) is 0 Å². The Labute approximate surface area is 31.7 Å². The minimum absolute atomic E-state index is 0.431. The minimum Gasteiger partial charge on any atom is -0.288 e. The van der Waals surface area contributed by atoms with E-state index >= 15 is 0 Å². The molecule has 0 atom stereocenters. The second-order valence-corrected chi connectivity index (χ2v) is 0.586. The van der Waals surface area contributed by atoms with E-state index in [0.29, 0.717) is 6.54 Å². The predicted molar refractivity (Wildman–Crippen MR) is 23.2 cm³/mol. The zero-order valence-electron chi connectivity index (χ0n) is 2.94. The van der Waals surface area contributed by atoms with Gasteiger partial charge in [0.25, 0.3) is 0 Å². The van der Waals surface area contributed by atoms with E-state index in [-0.39, 0.29) is 0 Å². The van der Waals surface area contributed by atoms with Crippen molar-refractivity contribution < 1.29 is 0 Å². The third-order valence-corrected chi connectivity index (χ3v) is 0.203. The molecule has 0 heterocycles. The zero-order chi connectivity index (χ0) is 4.12. The van der Waals surface area contributed by atoms with E-state index in [2.05, 4.69) is 17.6 Å². The molecule has 5 heavy (non-hydrogen) atoms. The van der Waals surface area contributed by atoms with E-state index in [1.165, 1.54) is 0 Å². The van der Waals surface area contributed by atoms with Crippen LogP contribution in [0, 0.1) is 12.3 Å². The van der Waals surface area contributed by atoms with Crippen LogP contribution in [0.4, 0.5) is 0 Å². The van der Waals surface area contributed by atoms with Gasteiger partial charge in [-0.05, 0) is 6.72 Å². The highest BCUT2D eigenvalue weighted by Crippen LogP contribution is 1.52. The van der Waals surface area contributed by atoms with Crippen molar-refractivity contribution in [3.63, 3.8) is 0 Å². The molecule has 0 aliphatic heterocycles. The summed E-state index contributed by atoms with van der Waals surface area (Å²) in [6.45, 7) is 3.59. The standard InChI is InChI=1S/C4H5N/c1-3-4-5-2/h1H,2,4H2/i1+1,3+1,4+1. The normalized spacial score (nSPS) is 5.40. The number of rotatable bonds is 1. The summed E-state index contributed by atoms with van der Waals surface area (Å²) in [5.74, 6) is 2.29. The first-order chi connectivity index (χ1) is 2.41. The molecule has 1 nitrogen and oxygen atoms in total. The lowest BCUT2D eigenvalue weighted by Gasteiger charge is -1.63. The molecule has 0 amide bonds. The fraction of sp³-hybridized carbons (Fsp3) is 0.250. The molecule has 0 aliphatic rings. The van der Waals surface area contributed by atoms with Gasteiger partial charge < -0.3 is 0 Å². The Balaban J connectivity index is 2.75. The van der Waals surface area contributed by atoms with Crippen molar-refractivity contribution in [1.29, 1.82) is 0 Å². The second kappa shape index (κ2) is 3.23. The van der Waals surface area contributed by atoms with Gasteiger partial charge in [0, 0.05) is 0 Å². The van der Waals surface area contributed by atoms with Crippen LogP contribution in [0.25, 0.3) is 0 Å². The van der Waals surface area contributed by atoms with E-state index in [1.807, 2.05) is 0 Å². The maximum atomic E-state index is 4.76. The van der Waals surface area contributed by atoms with Crippen LogP contribution < -0.4 is 0 Å². The molecule has 0 bridgehead atoms. The molecule has 0 aromatic heterocycles. The topological polar surface area (TPSA) is 12.4 Å². The fourth-order valence-corrected chi connectivity index (χ4v) is 0.0645. The number of nitrogens with zero attached hydrogens (tertiary/aromatic N) is 1. The van der Waals surface area contributed by atoms with Crippen LogP contribution in [0.3, 0.4) is 0 Å². The van der Waals surface area contributed by atoms with E-state index in [1.54, 1.807) is 0 Å². The Morgan fingerprint density at radius 3 is 2.60 bits per heavy atom. The summed E-state index contributed by atoms with van der Waals surface area (Å²) in [7, 11) is 0. The molecular weight excluding hydrogens is 65.0 g/mol. The molecule has 1 heteroatoms. The maximum Gasteiger partial charge on any atom is 0.0987 e. The third kappa shape index (κ3) is 3.23. The highest BCUT2D eigenvalue weighted by atomic mass is 14.9. The first-order valence-electron chi connectivity index (χ1n) is 1.27. The predicted octanol–water partition coefficient (Wildman–Crippen LogP) is 0.320. The van der Waals surface area contributed by atoms with Gasteiger partial charge in [-0.1, -0.05) is 5.92 Å². The summed E-state index contributed by atoms with van der Waals surface area (Å²) >= 11 is 0. The molecule has 0 saturated heterocycles. The van der Waals surface area contributed by atoms with Crippen LogP contribution in [0.2, 0.25) is 0 Å². The van der Waals surface area contributed by atoms with Crippen molar-refractivity contribution in [1.82, 2.24) is 0 Å².